The SMILES string of the molecule is CCCNCC(O)c1ccc(N)nc1. The van der Waals surface area contributed by atoms with E-state index in [4.69, 9.17) is 5.73 Å². The van der Waals surface area contributed by atoms with E-state index in [0.717, 1.165) is 18.5 Å². The number of aliphatic hydroxyl groups excluding tert-OH is 1. The van der Waals surface area contributed by atoms with E-state index in [9.17, 15) is 5.11 Å². The zero-order chi connectivity index (χ0) is 10.4. The van der Waals surface area contributed by atoms with Crippen LogP contribution in [0.5, 0.6) is 0 Å². The Morgan fingerprint density at radius 2 is 2.36 bits per heavy atom. The monoisotopic (exact) mass is 195 g/mol. The van der Waals surface area contributed by atoms with Gasteiger partial charge in [0.15, 0.2) is 0 Å². The summed E-state index contributed by atoms with van der Waals surface area (Å²) in [5, 5.41) is 12.8. The standard InChI is InChI=1S/C10H17N3O/c1-2-5-12-7-9(14)8-3-4-10(11)13-6-8/h3-4,6,9,12,14H,2,5,7H2,1H3,(H2,11,13). The molecule has 1 unspecified atom stereocenters. The summed E-state index contributed by atoms with van der Waals surface area (Å²) in [6, 6.07) is 3.49. The zero-order valence-electron chi connectivity index (χ0n) is 8.40. The van der Waals surface area contributed by atoms with Crippen LogP contribution >= 0.6 is 0 Å². The fourth-order valence-corrected chi connectivity index (χ4v) is 1.15. The molecule has 0 bridgehead atoms. The van der Waals surface area contributed by atoms with Gasteiger partial charge >= 0.3 is 0 Å². The highest BCUT2D eigenvalue weighted by Crippen LogP contribution is 2.11. The van der Waals surface area contributed by atoms with Crippen LogP contribution in [0.1, 0.15) is 25.0 Å². The minimum absolute atomic E-state index is 0.475. The van der Waals surface area contributed by atoms with Gasteiger partial charge in [-0.2, -0.15) is 0 Å². The molecular weight excluding hydrogens is 178 g/mol. The third-order valence-corrected chi connectivity index (χ3v) is 1.96. The first-order chi connectivity index (χ1) is 6.74. The number of nitrogen functional groups attached to an aromatic ring is 1. The van der Waals surface area contributed by atoms with Crippen molar-refractivity contribution in [3.8, 4) is 0 Å². The summed E-state index contributed by atoms with van der Waals surface area (Å²) in [5.74, 6) is 0.475. The van der Waals surface area contributed by atoms with E-state index in [-0.39, 0.29) is 0 Å². The molecule has 0 aromatic carbocycles. The molecule has 1 atom stereocenters. The Hall–Kier alpha value is -1.13. The molecule has 0 aliphatic carbocycles. The van der Waals surface area contributed by atoms with Crippen molar-refractivity contribution >= 4 is 5.82 Å². The fourth-order valence-electron chi connectivity index (χ4n) is 1.15. The van der Waals surface area contributed by atoms with Crippen LogP contribution in [0, 0.1) is 0 Å². The molecule has 1 heterocycles. The second kappa shape index (κ2) is 5.57. The summed E-state index contributed by atoms with van der Waals surface area (Å²) in [4.78, 5) is 3.92. The molecule has 4 nitrogen and oxygen atoms in total. The normalized spacial score (nSPS) is 12.7. The topological polar surface area (TPSA) is 71.2 Å². The van der Waals surface area contributed by atoms with Gasteiger partial charge in [-0.15, -0.1) is 0 Å². The van der Waals surface area contributed by atoms with Crippen molar-refractivity contribution in [1.82, 2.24) is 10.3 Å². The van der Waals surface area contributed by atoms with Crippen LogP contribution in [-0.2, 0) is 0 Å². The Bertz CT molecular complexity index is 261. The Kier molecular flexibility index (Phi) is 4.35. The summed E-state index contributed by atoms with van der Waals surface area (Å²) in [5.41, 5.74) is 6.23. The zero-order valence-corrected chi connectivity index (χ0v) is 8.40. The molecule has 0 aliphatic rings. The quantitative estimate of drug-likeness (QED) is 0.605. The number of anilines is 1. The molecule has 0 fully saturated rings. The number of pyridine rings is 1. The van der Waals surface area contributed by atoms with Crippen LogP contribution in [0.2, 0.25) is 0 Å². The molecule has 1 aromatic rings. The molecule has 4 heteroatoms. The minimum atomic E-state index is -0.505. The highest BCUT2D eigenvalue weighted by molar-refractivity contribution is 5.30. The Morgan fingerprint density at radius 1 is 1.57 bits per heavy atom. The van der Waals surface area contributed by atoms with E-state index >= 15 is 0 Å². The maximum Gasteiger partial charge on any atom is 0.123 e. The summed E-state index contributed by atoms with van der Waals surface area (Å²) in [6.45, 7) is 3.56. The lowest BCUT2D eigenvalue weighted by Gasteiger charge is -2.11. The smallest absolute Gasteiger partial charge is 0.123 e. The Morgan fingerprint density at radius 3 is 2.93 bits per heavy atom. The first-order valence-corrected chi connectivity index (χ1v) is 4.84. The van der Waals surface area contributed by atoms with E-state index in [1.807, 2.05) is 0 Å². The van der Waals surface area contributed by atoms with Gasteiger partial charge in [-0.3, -0.25) is 0 Å². The Labute approximate surface area is 84.2 Å². The molecule has 0 saturated carbocycles. The maximum absolute atomic E-state index is 9.69. The Balaban J connectivity index is 2.43. The van der Waals surface area contributed by atoms with Gasteiger partial charge in [0.1, 0.15) is 5.82 Å². The van der Waals surface area contributed by atoms with Crippen LogP contribution in [0.15, 0.2) is 18.3 Å². The molecule has 4 N–H and O–H groups in total. The molecule has 78 valence electrons. The number of nitrogens with two attached hydrogens (primary N) is 1. The van der Waals surface area contributed by atoms with E-state index in [2.05, 4.69) is 17.2 Å². The predicted molar refractivity (Wildman–Crippen MR) is 56.8 cm³/mol. The molecular formula is C10H17N3O. The number of hydrogen-bond donors (Lipinski definition) is 3. The number of nitrogens with one attached hydrogen (secondary N) is 1. The highest BCUT2D eigenvalue weighted by Gasteiger charge is 2.06. The summed E-state index contributed by atoms with van der Waals surface area (Å²) >= 11 is 0. The highest BCUT2D eigenvalue weighted by atomic mass is 16.3. The second-order valence-corrected chi connectivity index (χ2v) is 3.24. The van der Waals surface area contributed by atoms with Crippen molar-refractivity contribution in [1.29, 1.82) is 0 Å². The van der Waals surface area contributed by atoms with Gasteiger partial charge in [-0.1, -0.05) is 13.0 Å². The van der Waals surface area contributed by atoms with Gasteiger partial charge in [0, 0.05) is 18.3 Å². The molecule has 1 aromatic heterocycles. The maximum atomic E-state index is 9.69. The number of aromatic nitrogens is 1. The number of rotatable bonds is 5. The third-order valence-electron chi connectivity index (χ3n) is 1.96. The number of nitrogens with zero attached hydrogens (tertiary/aromatic N) is 1. The van der Waals surface area contributed by atoms with Crippen molar-refractivity contribution in [2.75, 3.05) is 18.8 Å². The molecule has 0 radical (unpaired) electrons. The first kappa shape index (κ1) is 10.9. The van der Waals surface area contributed by atoms with Crippen LogP contribution < -0.4 is 11.1 Å². The average Bonchev–Trinajstić information content (AvgIpc) is 2.19. The fraction of sp³-hybridized carbons (Fsp3) is 0.500. The predicted octanol–water partition coefficient (Wildman–Crippen LogP) is 0.697. The summed E-state index contributed by atoms with van der Waals surface area (Å²) in [6.07, 6.45) is 2.16. The lowest BCUT2D eigenvalue weighted by Crippen LogP contribution is -2.22. The minimum Gasteiger partial charge on any atom is -0.387 e. The van der Waals surface area contributed by atoms with Gasteiger partial charge in [-0.05, 0) is 19.0 Å². The van der Waals surface area contributed by atoms with Crippen molar-refractivity contribution < 1.29 is 5.11 Å². The lowest BCUT2D eigenvalue weighted by molar-refractivity contribution is 0.174. The molecule has 0 spiro atoms. The summed E-state index contributed by atoms with van der Waals surface area (Å²) < 4.78 is 0. The molecule has 0 saturated heterocycles. The van der Waals surface area contributed by atoms with Crippen molar-refractivity contribution in [3.63, 3.8) is 0 Å². The molecule has 0 aliphatic heterocycles. The molecule has 1 rings (SSSR count). The number of hydrogen-bond acceptors (Lipinski definition) is 4. The van der Waals surface area contributed by atoms with Crippen LogP contribution in [-0.4, -0.2) is 23.2 Å². The largest absolute Gasteiger partial charge is 0.387 e. The van der Waals surface area contributed by atoms with Gasteiger partial charge < -0.3 is 16.2 Å². The van der Waals surface area contributed by atoms with E-state index in [0.29, 0.717) is 12.4 Å². The molecule has 0 amide bonds. The molecule has 14 heavy (non-hydrogen) atoms. The van der Waals surface area contributed by atoms with Crippen LogP contribution in [0.3, 0.4) is 0 Å². The van der Waals surface area contributed by atoms with Crippen molar-refractivity contribution in [2.24, 2.45) is 0 Å². The van der Waals surface area contributed by atoms with Gasteiger partial charge in [0.2, 0.25) is 0 Å². The van der Waals surface area contributed by atoms with E-state index < -0.39 is 6.10 Å². The van der Waals surface area contributed by atoms with Crippen molar-refractivity contribution in [3.05, 3.63) is 23.9 Å². The first-order valence-electron chi connectivity index (χ1n) is 4.84. The van der Waals surface area contributed by atoms with Crippen molar-refractivity contribution in [2.45, 2.75) is 19.4 Å². The van der Waals surface area contributed by atoms with Gasteiger partial charge in [0.25, 0.3) is 0 Å². The average molecular weight is 195 g/mol. The van der Waals surface area contributed by atoms with E-state index in [1.165, 1.54) is 0 Å². The summed E-state index contributed by atoms with van der Waals surface area (Å²) in [7, 11) is 0. The van der Waals surface area contributed by atoms with Crippen LogP contribution in [0.4, 0.5) is 5.82 Å². The number of aliphatic hydroxyl groups is 1. The van der Waals surface area contributed by atoms with Gasteiger partial charge in [0.05, 0.1) is 6.10 Å². The van der Waals surface area contributed by atoms with E-state index in [1.54, 1.807) is 18.3 Å². The second-order valence-electron chi connectivity index (χ2n) is 3.24. The van der Waals surface area contributed by atoms with Crippen LogP contribution in [0.25, 0.3) is 0 Å². The van der Waals surface area contributed by atoms with Gasteiger partial charge in [-0.25, -0.2) is 4.98 Å². The lowest BCUT2D eigenvalue weighted by atomic mass is 10.1. The third kappa shape index (κ3) is 3.32.